The summed E-state index contributed by atoms with van der Waals surface area (Å²) in [6, 6.07) is 1.85. The predicted molar refractivity (Wildman–Crippen MR) is 86.8 cm³/mol. The average Bonchev–Trinajstić information content (AvgIpc) is 3.21. The fourth-order valence-corrected chi connectivity index (χ4v) is 3.21. The highest BCUT2D eigenvalue weighted by molar-refractivity contribution is 5.89. The molecule has 0 radical (unpaired) electrons. The number of hydrogen-bond donors (Lipinski definition) is 3. The van der Waals surface area contributed by atoms with E-state index in [0.29, 0.717) is 12.3 Å². The second-order valence-corrected chi connectivity index (χ2v) is 6.22. The van der Waals surface area contributed by atoms with E-state index in [1.807, 2.05) is 13.1 Å². The van der Waals surface area contributed by atoms with Gasteiger partial charge < -0.3 is 25.2 Å². The number of hydrogen-bond acceptors (Lipinski definition) is 6. The zero-order valence-electron chi connectivity index (χ0n) is 13.6. The molecule has 4 heterocycles. The first kappa shape index (κ1) is 16.0. The van der Waals surface area contributed by atoms with Crippen molar-refractivity contribution in [2.75, 3.05) is 11.9 Å². The van der Waals surface area contributed by atoms with Gasteiger partial charge in [0, 0.05) is 12.4 Å². The van der Waals surface area contributed by atoms with E-state index >= 15 is 0 Å². The van der Waals surface area contributed by atoms with Crippen LogP contribution in [0.25, 0.3) is 0 Å². The number of nitrogens with zero attached hydrogens (tertiary/aromatic N) is 3. The smallest absolute Gasteiger partial charge is 0.319 e. The molecular formula is C16H19N5O4. The number of aliphatic hydroxyl groups is 1. The third-order valence-corrected chi connectivity index (χ3v) is 4.38. The number of fused-ring (bicyclic) bond motifs is 2. The standard InChI is InChI=1S/C16H19N5O4/c1-9-5-18-21(7-9)13-14(22)12(11-8-24-15(13)25-11)20-16(23)19-10-3-2-4-17-6-10/h2-7,11-15,22H,8H2,1H3,(H2,19,20,23)/t11-,12-,13-,14+,15-/m1/s1. The number of aliphatic hydroxyl groups excluding tert-OH is 1. The van der Waals surface area contributed by atoms with Crippen LogP contribution < -0.4 is 10.6 Å². The van der Waals surface area contributed by atoms with E-state index in [2.05, 4.69) is 20.7 Å². The lowest BCUT2D eigenvalue weighted by Gasteiger charge is -2.38. The number of carbonyl (C=O) groups is 1. The molecule has 2 saturated heterocycles. The van der Waals surface area contributed by atoms with Crippen LogP contribution in [-0.2, 0) is 9.47 Å². The third-order valence-electron chi connectivity index (χ3n) is 4.38. The molecule has 9 nitrogen and oxygen atoms in total. The van der Waals surface area contributed by atoms with Crippen molar-refractivity contribution >= 4 is 11.7 Å². The first-order valence-electron chi connectivity index (χ1n) is 8.05. The average molecular weight is 345 g/mol. The molecule has 2 fully saturated rings. The van der Waals surface area contributed by atoms with E-state index in [0.717, 1.165) is 5.56 Å². The molecule has 2 bridgehead atoms. The number of amides is 2. The summed E-state index contributed by atoms with van der Waals surface area (Å²) < 4.78 is 13.1. The third kappa shape index (κ3) is 3.09. The molecule has 0 saturated carbocycles. The first-order valence-corrected chi connectivity index (χ1v) is 8.05. The Bertz CT molecular complexity index is 752. The summed E-state index contributed by atoms with van der Waals surface area (Å²) in [5.41, 5.74) is 1.53. The fourth-order valence-electron chi connectivity index (χ4n) is 3.21. The minimum Gasteiger partial charge on any atom is -0.388 e. The first-order chi connectivity index (χ1) is 12.1. The zero-order chi connectivity index (χ0) is 17.4. The van der Waals surface area contributed by atoms with Crippen LogP contribution in [-0.4, -0.2) is 57.0 Å². The van der Waals surface area contributed by atoms with Gasteiger partial charge in [-0.1, -0.05) is 0 Å². The molecule has 2 aliphatic heterocycles. The Labute approximate surface area is 144 Å². The van der Waals surface area contributed by atoms with E-state index in [1.165, 1.54) is 6.20 Å². The lowest BCUT2D eigenvalue weighted by Crippen LogP contribution is -2.59. The molecule has 0 aromatic carbocycles. The van der Waals surface area contributed by atoms with Crippen LogP contribution in [0.4, 0.5) is 10.5 Å². The predicted octanol–water partition coefficient (Wildman–Crippen LogP) is 0.434. The molecule has 2 aromatic heterocycles. The van der Waals surface area contributed by atoms with Crippen molar-refractivity contribution in [3.05, 3.63) is 42.5 Å². The maximum absolute atomic E-state index is 12.3. The normalized spacial score (nSPS) is 30.9. The zero-order valence-corrected chi connectivity index (χ0v) is 13.6. The van der Waals surface area contributed by atoms with Gasteiger partial charge in [0.1, 0.15) is 18.2 Å². The highest BCUT2D eigenvalue weighted by Crippen LogP contribution is 2.35. The van der Waals surface area contributed by atoms with Crippen LogP contribution in [0, 0.1) is 6.92 Å². The number of pyridine rings is 1. The van der Waals surface area contributed by atoms with Crippen LogP contribution >= 0.6 is 0 Å². The van der Waals surface area contributed by atoms with E-state index in [-0.39, 0.29) is 0 Å². The Morgan fingerprint density at radius 3 is 3.04 bits per heavy atom. The van der Waals surface area contributed by atoms with Gasteiger partial charge >= 0.3 is 6.03 Å². The molecule has 5 atom stereocenters. The maximum Gasteiger partial charge on any atom is 0.319 e. The highest BCUT2D eigenvalue weighted by Gasteiger charge is 2.51. The van der Waals surface area contributed by atoms with E-state index in [9.17, 15) is 9.90 Å². The largest absolute Gasteiger partial charge is 0.388 e. The molecule has 3 N–H and O–H groups in total. The van der Waals surface area contributed by atoms with Crippen molar-refractivity contribution in [3.63, 3.8) is 0 Å². The number of anilines is 1. The van der Waals surface area contributed by atoms with Gasteiger partial charge in [0.15, 0.2) is 6.29 Å². The van der Waals surface area contributed by atoms with Crippen molar-refractivity contribution < 1.29 is 19.4 Å². The number of ether oxygens (including phenoxy) is 2. The van der Waals surface area contributed by atoms with Gasteiger partial charge in [0.25, 0.3) is 0 Å². The van der Waals surface area contributed by atoms with Gasteiger partial charge in [-0.2, -0.15) is 5.10 Å². The van der Waals surface area contributed by atoms with Crippen LogP contribution in [0.5, 0.6) is 0 Å². The number of aryl methyl sites for hydroxylation is 1. The Morgan fingerprint density at radius 1 is 1.44 bits per heavy atom. The molecular weight excluding hydrogens is 326 g/mol. The van der Waals surface area contributed by atoms with Crippen molar-refractivity contribution in [2.24, 2.45) is 0 Å². The molecule has 2 aromatic rings. The van der Waals surface area contributed by atoms with Gasteiger partial charge in [0.2, 0.25) is 0 Å². The van der Waals surface area contributed by atoms with E-state index in [4.69, 9.17) is 9.47 Å². The Balaban J connectivity index is 1.49. The van der Waals surface area contributed by atoms with Gasteiger partial charge in [-0.25, -0.2) is 4.79 Å². The second kappa shape index (κ2) is 6.43. The van der Waals surface area contributed by atoms with Gasteiger partial charge in [-0.3, -0.25) is 9.67 Å². The van der Waals surface area contributed by atoms with Crippen LogP contribution in [0.3, 0.4) is 0 Å². The van der Waals surface area contributed by atoms with E-state index < -0.39 is 36.6 Å². The molecule has 2 aliphatic rings. The van der Waals surface area contributed by atoms with Crippen molar-refractivity contribution in [3.8, 4) is 0 Å². The fraction of sp³-hybridized carbons (Fsp3) is 0.438. The molecule has 0 aliphatic carbocycles. The molecule has 0 unspecified atom stereocenters. The number of aromatic nitrogens is 3. The molecule has 132 valence electrons. The van der Waals surface area contributed by atoms with E-state index in [1.54, 1.807) is 29.2 Å². The summed E-state index contributed by atoms with van der Waals surface area (Å²) in [6.45, 7) is 2.21. The Hall–Kier alpha value is -2.49. The second-order valence-electron chi connectivity index (χ2n) is 6.22. The van der Waals surface area contributed by atoms with Crippen molar-refractivity contribution in [2.45, 2.75) is 37.5 Å². The maximum atomic E-state index is 12.3. The van der Waals surface area contributed by atoms with Crippen LogP contribution in [0.15, 0.2) is 36.9 Å². The summed E-state index contributed by atoms with van der Waals surface area (Å²) in [7, 11) is 0. The number of urea groups is 1. The monoisotopic (exact) mass is 345 g/mol. The summed E-state index contributed by atoms with van der Waals surface area (Å²) >= 11 is 0. The van der Waals surface area contributed by atoms with Crippen LogP contribution in [0.1, 0.15) is 11.6 Å². The topological polar surface area (TPSA) is 111 Å². The molecule has 9 heteroatoms. The Morgan fingerprint density at radius 2 is 2.32 bits per heavy atom. The molecule has 0 spiro atoms. The SMILES string of the molecule is Cc1cnn([C@H]2[C@@H]3OC[C@@H](O3)[C@@H](NC(=O)Nc3cccnc3)[C@@H]2O)c1. The molecule has 4 rings (SSSR count). The van der Waals surface area contributed by atoms with Crippen molar-refractivity contribution in [1.82, 2.24) is 20.1 Å². The summed E-state index contributed by atoms with van der Waals surface area (Å²) in [4.78, 5) is 16.2. The summed E-state index contributed by atoms with van der Waals surface area (Å²) in [6.07, 6.45) is 4.78. The number of carbonyl (C=O) groups excluding carboxylic acids is 1. The van der Waals surface area contributed by atoms with Crippen molar-refractivity contribution in [1.29, 1.82) is 0 Å². The van der Waals surface area contributed by atoms with Gasteiger partial charge in [-0.05, 0) is 24.6 Å². The van der Waals surface area contributed by atoms with Crippen LogP contribution in [0.2, 0.25) is 0 Å². The molecule has 2 amide bonds. The number of rotatable bonds is 3. The van der Waals surface area contributed by atoms with Gasteiger partial charge in [0.05, 0.1) is 30.7 Å². The number of nitrogens with one attached hydrogen (secondary N) is 2. The summed E-state index contributed by atoms with van der Waals surface area (Å²) in [5, 5.41) is 20.5. The quantitative estimate of drug-likeness (QED) is 0.744. The minimum absolute atomic E-state index is 0.302. The lowest BCUT2D eigenvalue weighted by molar-refractivity contribution is -0.166. The minimum atomic E-state index is -0.898. The summed E-state index contributed by atoms with van der Waals surface area (Å²) in [5.74, 6) is 0. The molecule has 25 heavy (non-hydrogen) atoms. The Kier molecular flexibility index (Phi) is 4.12. The van der Waals surface area contributed by atoms with Gasteiger partial charge in [-0.15, -0.1) is 0 Å². The lowest BCUT2D eigenvalue weighted by atomic mass is 9.96. The highest BCUT2D eigenvalue weighted by atomic mass is 16.7.